The van der Waals surface area contributed by atoms with Gasteiger partial charge in [-0.3, -0.25) is 0 Å². The number of benzene rings is 1. The summed E-state index contributed by atoms with van der Waals surface area (Å²) in [5.41, 5.74) is 3.80. The zero-order chi connectivity index (χ0) is 15.5. The molecule has 0 aliphatic heterocycles. The molecule has 0 aliphatic rings. The second-order valence-corrected chi connectivity index (χ2v) is 6.25. The van der Waals surface area contributed by atoms with Gasteiger partial charge in [-0.2, -0.15) is 0 Å². The third-order valence-electron chi connectivity index (χ3n) is 3.20. The molecule has 1 aromatic carbocycles. The van der Waals surface area contributed by atoms with Crippen LogP contribution < -0.4 is 10.1 Å². The van der Waals surface area contributed by atoms with Crippen LogP contribution in [0.5, 0.6) is 5.75 Å². The highest BCUT2D eigenvalue weighted by atomic mass is 16.6. The van der Waals surface area contributed by atoms with Crippen molar-refractivity contribution < 1.29 is 9.37 Å². The van der Waals surface area contributed by atoms with Crippen LogP contribution in [0.4, 0.5) is 0 Å². The van der Waals surface area contributed by atoms with Gasteiger partial charge in [-0.1, -0.05) is 28.5 Å². The molecule has 5 nitrogen and oxygen atoms in total. The van der Waals surface area contributed by atoms with Crippen molar-refractivity contribution in [1.82, 2.24) is 15.6 Å². The number of aryl methyl sites for hydroxylation is 2. The van der Waals surface area contributed by atoms with E-state index >= 15 is 0 Å². The van der Waals surface area contributed by atoms with Gasteiger partial charge in [0.2, 0.25) is 0 Å². The van der Waals surface area contributed by atoms with Gasteiger partial charge in [0.25, 0.3) is 0 Å². The van der Waals surface area contributed by atoms with Gasteiger partial charge in [0.05, 0.1) is 0 Å². The molecule has 1 heterocycles. The highest BCUT2D eigenvalue weighted by molar-refractivity contribution is 5.40. The molecule has 2 aromatic rings. The van der Waals surface area contributed by atoms with Gasteiger partial charge in [0, 0.05) is 17.6 Å². The second kappa shape index (κ2) is 6.26. The Morgan fingerprint density at radius 3 is 2.57 bits per heavy atom. The molecule has 0 atom stereocenters. The molecule has 0 fully saturated rings. The molecule has 5 heteroatoms. The first-order chi connectivity index (χ1) is 9.87. The molecule has 1 N–H and O–H groups in total. The number of hydrogen-bond acceptors (Lipinski definition) is 5. The van der Waals surface area contributed by atoms with E-state index in [2.05, 4.69) is 42.5 Å². The average Bonchev–Trinajstić information content (AvgIpc) is 2.80. The Balaban J connectivity index is 2.12. The second-order valence-electron chi connectivity index (χ2n) is 6.25. The summed E-state index contributed by atoms with van der Waals surface area (Å²) in [4.78, 5) is 0. The van der Waals surface area contributed by atoms with Gasteiger partial charge >= 0.3 is 0 Å². The van der Waals surface area contributed by atoms with Crippen molar-refractivity contribution in [3.63, 3.8) is 0 Å². The maximum absolute atomic E-state index is 5.96. The van der Waals surface area contributed by atoms with Gasteiger partial charge in [-0.15, -0.1) is 0 Å². The molecule has 0 unspecified atom stereocenters. The summed E-state index contributed by atoms with van der Waals surface area (Å²) in [6.45, 7) is 11.5. The minimum absolute atomic E-state index is 0.0631. The fourth-order valence-corrected chi connectivity index (χ4v) is 1.94. The van der Waals surface area contributed by atoms with Crippen LogP contribution in [0.1, 0.15) is 43.3 Å². The maximum atomic E-state index is 5.96. The van der Waals surface area contributed by atoms with Gasteiger partial charge < -0.3 is 10.1 Å². The molecule has 0 saturated carbocycles. The Labute approximate surface area is 125 Å². The number of hydrogen-bond donors (Lipinski definition) is 1. The minimum Gasteiger partial charge on any atom is -0.486 e. The van der Waals surface area contributed by atoms with Crippen LogP contribution in [0.2, 0.25) is 0 Å². The summed E-state index contributed by atoms with van der Waals surface area (Å²) < 4.78 is 10.6. The third-order valence-corrected chi connectivity index (χ3v) is 3.20. The SMILES string of the molecule is Cc1cccc(CNC(C)(C)C)c1OCc1nonc1C. The number of rotatable bonds is 5. The van der Waals surface area contributed by atoms with Crippen molar-refractivity contribution >= 4 is 0 Å². The number of ether oxygens (including phenoxy) is 1. The first-order valence-corrected chi connectivity index (χ1v) is 7.11. The van der Waals surface area contributed by atoms with E-state index in [4.69, 9.17) is 9.37 Å². The van der Waals surface area contributed by atoms with Crippen LogP contribution in [-0.4, -0.2) is 15.9 Å². The standard InChI is InChI=1S/C16H23N3O2/c1-11-7-6-8-13(9-17-16(3,4)5)15(11)20-10-14-12(2)18-21-19-14/h6-8,17H,9-10H2,1-5H3. The van der Waals surface area contributed by atoms with Gasteiger partial charge in [-0.05, 0) is 40.2 Å². The number of para-hydroxylation sites is 1. The van der Waals surface area contributed by atoms with Gasteiger partial charge in [0.15, 0.2) is 0 Å². The smallest absolute Gasteiger partial charge is 0.145 e. The zero-order valence-corrected chi connectivity index (χ0v) is 13.4. The molecule has 21 heavy (non-hydrogen) atoms. The molecule has 0 amide bonds. The van der Waals surface area contributed by atoms with Gasteiger partial charge in [0.1, 0.15) is 23.7 Å². The van der Waals surface area contributed by atoms with E-state index in [1.807, 2.05) is 26.0 Å². The number of nitrogens with one attached hydrogen (secondary N) is 1. The summed E-state index contributed by atoms with van der Waals surface area (Å²) >= 11 is 0. The predicted molar refractivity (Wildman–Crippen MR) is 81.1 cm³/mol. The van der Waals surface area contributed by atoms with E-state index in [1.54, 1.807) is 0 Å². The summed E-state index contributed by atoms with van der Waals surface area (Å²) in [5, 5.41) is 11.1. The van der Waals surface area contributed by atoms with Crippen molar-refractivity contribution in [3.05, 3.63) is 40.7 Å². The molecule has 0 spiro atoms. The molecule has 1 aromatic heterocycles. The van der Waals surface area contributed by atoms with Crippen LogP contribution in [0.3, 0.4) is 0 Å². The third kappa shape index (κ3) is 4.29. The lowest BCUT2D eigenvalue weighted by Crippen LogP contribution is -2.35. The predicted octanol–water partition coefficient (Wildman–Crippen LogP) is 3.15. The van der Waals surface area contributed by atoms with E-state index in [-0.39, 0.29) is 5.54 Å². The lowest BCUT2D eigenvalue weighted by molar-refractivity contribution is 0.266. The van der Waals surface area contributed by atoms with Crippen molar-refractivity contribution in [2.75, 3.05) is 0 Å². The first kappa shape index (κ1) is 15.5. The summed E-state index contributed by atoms with van der Waals surface area (Å²) in [5.74, 6) is 0.900. The number of aromatic nitrogens is 2. The van der Waals surface area contributed by atoms with Crippen molar-refractivity contribution in [2.24, 2.45) is 0 Å². The van der Waals surface area contributed by atoms with E-state index in [0.717, 1.165) is 34.8 Å². The Kier molecular flexibility index (Phi) is 4.63. The van der Waals surface area contributed by atoms with Gasteiger partial charge in [-0.25, -0.2) is 4.63 Å². The van der Waals surface area contributed by atoms with E-state index in [9.17, 15) is 0 Å². The average molecular weight is 289 g/mol. The molecule has 0 aliphatic carbocycles. The summed E-state index contributed by atoms with van der Waals surface area (Å²) in [6, 6.07) is 6.17. The topological polar surface area (TPSA) is 60.2 Å². The fraction of sp³-hybridized carbons (Fsp3) is 0.500. The first-order valence-electron chi connectivity index (χ1n) is 7.11. The monoisotopic (exact) mass is 289 g/mol. The molecule has 0 saturated heterocycles. The largest absolute Gasteiger partial charge is 0.486 e. The molecule has 114 valence electrons. The highest BCUT2D eigenvalue weighted by Gasteiger charge is 2.13. The molecular formula is C16H23N3O2. The van der Waals surface area contributed by atoms with Crippen LogP contribution in [0.15, 0.2) is 22.8 Å². The Morgan fingerprint density at radius 2 is 1.95 bits per heavy atom. The van der Waals surface area contributed by atoms with Crippen molar-refractivity contribution in [1.29, 1.82) is 0 Å². The minimum atomic E-state index is 0.0631. The van der Waals surface area contributed by atoms with E-state index in [0.29, 0.717) is 6.61 Å². The lowest BCUT2D eigenvalue weighted by Gasteiger charge is -2.22. The Hall–Kier alpha value is -1.88. The molecule has 0 bridgehead atoms. The number of nitrogens with zero attached hydrogens (tertiary/aromatic N) is 2. The van der Waals surface area contributed by atoms with Crippen molar-refractivity contribution in [2.45, 2.75) is 53.3 Å². The maximum Gasteiger partial charge on any atom is 0.145 e. The highest BCUT2D eigenvalue weighted by Crippen LogP contribution is 2.25. The van der Waals surface area contributed by atoms with Crippen LogP contribution in [0, 0.1) is 13.8 Å². The summed E-state index contributed by atoms with van der Waals surface area (Å²) in [6.07, 6.45) is 0. The molecule has 2 rings (SSSR count). The molecule has 0 radical (unpaired) electrons. The quantitative estimate of drug-likeness (QED) is 0.916. The zero-order valence-electron chi connectivity index (χ0n) is 13.4. The normalized spacial score (nSPS) is 11.7. The molecular weight excluding hydrogens is 266 g/mol. The van der Waals surface area contributed by atoms with Crippen molar-refractivity contribution in [3.8, 4) is 5.75 Å². The van der Waals surface area contributed by atoms with E-state index in [1.165, 1.54) is 0 Å². The summed E-state index contributed by atoms with van der Waals surface area (Å²) in [7, 11) is 0. The van der Waals surface area contributed by atoms with Crippen LogP contribution >= 0.6 is 0 Å². The lowest BCUT2D eigenvalue weighted by atomic mass is 10.1. The van der Waals surface area contributed by atoms with Crippen LogP contribution in [-0.2, 0) is 13.2 Å². The Morgan fingerprint density at radius 1 is 1.19 bits per heavy atom. The van der Waals surface area contributed by atoms with E-state index < -0.39 is 0 Å². The van der Waals surface area contributed by atoms with Crippen LogP contribution in [0.25, 0.3) is 0 Å². The fourth-order valence-electron chi connectivity index (χ4n) is 1.94. The Bertz CT molecular complexity index is 600.